The summed E-state index contributed by atoms with van der Waals surface area (Å²) < 4.78 is 0. The molecule has 0 atom stereocenters. The van der Waals surface area contributed by atoms with E-state index in [0.29, 0.717) is 0 Å². The zero-order valence-corrected chi connectivity index (χ0v) is 14.2. The number of rotatable bonds is 4. The third kappa shape index (κ3) is 2.65. The van der Waals surface area contributed by atoms with Gasteiger partial charge in [-0.3, -0.25) is 0 Å². The lowest BCUT2D eigenvalue weighted by Crippen LogP contribution is -2.00. The molecule has 2 aromatic carbocycles. The number of benzene rings is 2. The number of nitrogens with one attached hydrogen (secondary N) is 1. The van der Waals surface area contributed by atoms with Crippen molar-refractivity contribution < 1.29 is 0 Å². The lowest BCUT2D eigenvalue weighted by Gasteiger charge is -2.07. The normalized spacial score (nSPS) is 10.9. The predicted octanol–water partition coefficient (Wildman–Crippen LogP) is 5.46. The van der Waals surface area contributed by atoms with Crippen LogP contribution in [-0.2, 0) is 0 Å². The summed E-state index contributed by atoms with van der Waals surface area (Å²) in [6, 6.07) is 19.1. The highest BCUT2D eigenvalue weighted by Gasteiger charge is 2.12. The van der Waals surface area contributed by atoms with Gasteiger partial charge >= 0.3 is 0 Å². The molecule has 4 rings (SSSR count). The van der Waals surface area contributed by atoms with E-state index in [2.05, 4.69) is 76.1 Å². The molecule has 0 spiro atoms. The molecule has 4 aromatic rings. The van der Waals surface area contributed by atoms with Crippen LogP contribution < -0.4 is 5.32 Å². The van der Waals surface area contributed by atoms with Crippen LogP contribution in [0.4, 0.5) is 5.82 Å². The first-order chi connectivity index (χ1) is 11.9. The zero-order chi connectivity index (χ0) is 16.4. The number of fused-ring (bicyclic) bond motifs is 1. The Balaban J connectivity index is 1.78. The molecule has 0 aliphatic rings. The maximum absolute atomic E-state index is 4.40. The van der Waals surface area contributed by atoms with E-state index in [0.717, 1.165) is 22.6 Å². The van der Waals surface area contributed by atoms with E-state index in [9.17, 15) is 0 Å². The van der Waals surface area contributed by atoms with Crippen LogP contribution in [0.1, 0.15) is 6.92 Å². The van der Waals surface area contributed by atoms with E-state index in [-0.39, 0.29) is 0 Å². The minimum atomic E-state index is 0.842. The van der Waals surface area contributed by atoms with Crippen LogP contribution in [0, 0.1) is 0 Å². The Morgan fingerprint density at radius 1 is 0.875 bits per heavy atom. The molecule has 0 amide bonds. The second-order valence-corrected chi connectivity index (χ2v) is 6.38. The van der Waals surface area contributed by atoms with Gasteiger partial charge in [-0.25, -0.2) is 9.97 Å². The van der Waals surface area contributed by atoms with Crippen molar-refractivity contribution in [1.82, 2.24) is 9.97 Å². The molecule has 0 saturated heterocycles. The quantitative estimate of drug-likeness (QED) is 0.540. The van der Waals surface area contributed by atoms with E-state index in [1.165, 1.54) is 22.3 Å². The van der Waals surface area contributed by atoms with E-state index in [1.54, 1.807) is 17.7 Å². The number of nitrogens with zero attached hydrogens (tertiary/aromatic N) is 2. The Labute approximate surface area is 145 Å². The standard InChI is InChI=1S/C20H17N3S/c1-2-21-19-18-17(12-24-20(18)23-13-22-19)16-10-8-15(9-11-16)14-6-4-3-5-7-14/h3-13H,2H2,1H3,(H,21,22,23). The molecule has 1 N–H and O–H groups in total. The fraction of sp³-hybridized carbons (Fsp3) is 0.100. The lowest BCUT2D eigenvalue weighted by atomic mass is 10.0. The molecule has 0 radical (unpaired) electrons. The van der Waals surface area contributed by atoms with Crippen molar-refractivity contribution >= 4 is 27.4 Å². The smallest absolute Gasteiger partial charge is 0.138 e. The summed E-state index contributed by atoms with van der Waals surface area (Å²) in [5.41, 5.74) is 4.83. The lowest BCUT2D eigenvalue weighted by molar-refractivity contribution is 1.15. The SMILES string of the molecule is CCNc1ncnc2scc(-c3ccc(-c4ccccc4)cc3)c12. The van der Waals surface area contributed by atoms with Crippen molar-refractivity contribution in [3.8, 4) is 22.3 Å². The molecule has 0 bridgehead atoms. The van der Waals surface area contributed by atoms with Crippen LogP contribution in [0.2, 0.25) is 0 Å². The number of thiophene rings is 1. The molecule has 3 nitrogen and oxygen atoms in total. The van der Waals surface area contributed by atoms with Gasteiger partial charge in [0.2, 0.25) is 0 Å². The van der Waals surface area contributed by atoms with Gasteiger partial charge in [0, 0.05) is 17.5 Å². The first-order valence-electron chi connectivity index (χ1n) is 7.98. The van der Waals surface area contributed by atoms with Gasteiger partial charge in [0.15, 0.2) is 0 Å². The van der Waals surface area contributed by atoms with E-state index in [4.69, 9.17) is 0 Å². The number of hydrogen-bond donors (Lipinski definition) is 1. The van der Waals surface area contributed by atoms with Crippen molar-refractivity contribution in [2.75, 3.05) is 11.9 Å². The Morgan fingerprint density at radius 3 is 2.33 bits per heavy atom. The fourth-order valence-electron chi connectivity index (χ4n) is 2.86. The predicted molar refractivity (Wildman–Crippen MR) is 102 cm³/mol. The van der Waals surface area contributed by atoms with E-state index in [1.807, 2.05) is 6.07 Å². The Morgan fingerprint density at radius 2 is 1.58 bits per heavy atom. The molecule has 0 aliphatic heterocycles. The van der Waals surface area contributed by atoms with Gasteiger partial charge in [0.1, 0.15) is 17.0 Å². The van der Waals surface area contributed by atoms with Gasteiger partial charge < -0.3 is 5.32 Å². The van der Waals surface area contributed by atoms with Crippen LogP contribution in [0.3, 0.4) is 0 Å². The number of anilines is 1. The van der Waals surface area contributed by atoms with Crippen LogP contribution in [0.25, 0.3) is 32.5 Å². The molecule has 0 aliphatic carbocycles. The van der Waals surface area contributed by atoms with Gasteiger partial charge in [-0.05, 0) is 23.6 Å². The topological polar surface area (TPSA) is 37.8 Å². The molecule has 24 heavy (non-hydrogen) atoms. The maximum atomic E-state index is 4.40. The number of hydrogen-bond acceptors (Lipinski definition) is 4. The Hall–Kier alpha value is -2.72. The summed E-state index contributed by atoms with van der Waals surface area (Å²) in [5.74, 6) is 0.908. The molecule has 4 heteroatoms. The van der Waals surface area contributed by atoms with Gasteiger partial charge in [-0.2, -0.15) is 0 Å². The van der Waals surface area contributed by atoms with Crippen molar-refractivity contribution in [1.29, 1.82) is 0 Å². The van der Waals surface area contributed by atoms with Crippen LogP contribution >= 0.6 is 11.3 Å². The first kappa shape index (κ1) is 14.8. The molecular weight excluding hydrogens is 314 g/mol. The highest BCUT2D eigenvalue weighted by atomic mass is 32.1. The second-order valence-electron chi connectivity index (χ2n) is 5.53. The summed E-state index contributed by atoms with van der Waals surface area (Å²) in [6.07, 6.45) is 1.62. The summed E-state index contributed by atoms with van der Waals surface area (Å²) in [7, 11) is 0. The van der Waals surface area contributed by atoms with Crippen molar-refractivity contribution in [2.24, 2.45) is 0 Å². The average Bonchev–Trinajstić information content (AvgIpc) is 3.08. The minimum Gasteiger partial charge on any atom is -0.370 e. The molecule has 2 heterocycles. The van der Waals surface area contributed by atoms with Crippen molar-refractivity contribution in [2.45, 2.75) is 6.92 Å². The van der Waals surface area contributed by atoms with E-state index < -0.39 is 0 Å². The van der Waals surface area contributed by atoms with Crippen molar-refractivity contribution in [3.05, 3.63) is 66.3 Å². The molecule has 118 valence electrons. The Kier molecular flexibility index (Phi) is 3.97. The third-order valence-corrected chi connectivity index (χ3v) is 4.90. The molecular formula is C20H17N3S. The van der Waals surface area contributed by atoms with Crippen LogP contribution in [0.15, 0.2) is 66.3 Å². The maximum Gasteiger partial charge on any atom is 0.138 e. The van der Waals surface area contributed by atoms with Crippen LogP contribution in [0.5, 0.6) is 0 Å². The minimum absolute atomic E-state index is 0.842. The monoisotopic (exact) mass is 331 g/mol. The Bertz CT molecular complexity index is 959. The van der Waals surface area contributed by atoms with Gasteiger partial charge in [-0.15, -0.1) is 11.3 Å². The van der Waals surface area contributed by atoms with E-state index >= 15 is 0 Å². The van der Waals surface area contributed by atoms with Gasteiger partial charge in [0.25, 0.3) is 0 Å². The van der Waals surface area contributed by atoms with Gasteiger partial charge in [0.05, 0.1) is 5.39 Å². The third-order valence-electron chi connectivity index (χ3n) is 4.02. The summed E-state index contributed by atoms with van der Waals surface area (Å²) in [6.45, 7) is 2.92. The summed E-state index contributed by atoms with van der Waals surface area (Å²) in [4.78, 5) is 9.82. The molecule has 0 fully saturated rings. The molecule has 2 aromatic heterocycles. The fourth-order valence-corrected chi connectivity index (χ4v) is 3.78. The molecule has 0 saturated carbocycles. The summed E-state index contributed by atoms with van der Waals surface area (Å²) >= 11 is 1.66. The second kappa shape index (κ2) is 6.42. The largest absolute Gasteiger partial charge is 0.370 e. The van der Waals surface area contributed by atoms with Gasteiger partial charge in [-0.1, -0.05) is 54.6 Å². The van der Waals surface area contributed by atoms with Crippen molar-refractivity contribution in [3.63, 3.8) is 0 Å². The highest BCUT2D eigenvalue weighted by Crippen LogP contribution is 2.37. The molecule has 0 unspecified atom stereocenters. The summed E-state index contributed by atoms with van der Waals surface area (Å²) in [5, 5.41) is 6.61. The average molecular weight is 331 g/mol. The highest BCUT2D eigenvalue weighted by molar-refractivity contribution is 7.17. The zero-order valence-electron chi connectivity index (χ0n) is 13.4. The number of aromatic nitrogens is 2. The van der Waals surface area contributed by atoms with Crippen LogP contribution in [-0.4, -0.2) is 16.5 Å². The first-order valence-corrected chi connectivity index (χ1v) is 8.86.